The first kappa shape index (κ1) is 16.4. The van der Waals surface area contributed by atoms with Crippen LogP contribution in [-0.4, -0.2) is 43.0 Å². The first-order valence-electron chi connectivity index (χ1n) is 7.84. The third-order valence-corrected chi connectivity index (χ3v) is 6.71. The summed E-state index contributed by atoms with van der Waals surface area (Å²) in [7, 11) is -3.70. The SMILES string of the molecule is C[C@@H]1CC[C@H](C(=O)O)CN1S(=O)(=O)c1ccc2c(c1)COCC2. The molecule has 2 atom stereocenters. The number of ether oxygens (including phenoxy) is 1. The van der Waals surface area contributed by atoms with Crippen molar-refractivity contribution < 1.29 is 23.1 Å². The van der Waals surface area contributed by atoms with Gasteiger partial charge in [0, 0.05) is 12.6 Å². The minimum absolute atomic E-state index is 0.0341. The van der Waals surface area contributed by atoms with Crippen molar-refractivity contribution >= 4 is 16.0 Å². The van der Waals surface area contributed by atoms with Gasteiger partial charge in [-0.15, -0.1) is 0 Å². The van der Waals surface area contributed by atoms with E-state index in [9.17, 15) is 18.3 Å². The number of hydrogen-bond donors (Lipinski definition) is 1. The molecule has 3 rings (SSSR count). The first-order chi connectivity index (χ1) is 10.9. The van der Waals surface area contributed by atoms with Gasteiger partial charge in [0.05, 0.1) is 24.0 Å². The molecule has 0 bridgehead atoms. The normalized spacial score (nSPS) is 25.8. The van der Waals surface area contributed by atoms with E-state index in [0.717, 1.165) is 17.5 Å². The summed E-state index contributed by atoms with van der Waals surface area (Å²) in [4.78, 5) is 11.4. The Morgan fingerprint density at radius 1 is 1.30 bits per heavy atom. The Labute approximate surface area is 136 Å². The zero-order valence-electron chi connectivity index (χ0n) is 13.1. The van der Waals surface area contributed by atoms with Crippen molar-refractivity contribution in [1.29, 1.82) is 0 Å². The molecule has 126 valence electrons. The highest BCUT2D eigenvalue weighted by Crippen LogP contribution is 2.30. The van der Waals surface area contributed by atoms with Crippen molar-refractivity contribution in [3.8, 4) is 0 Å². The number of rotatable bonds is 3. The summed E-state index contributed by atoms with van der Waals surface area (Å²) in [6.07, 6.45) is 1.86. The molecule has 0 saturated carbocycles. The summed E-state index contributed by atoms with van der Waals surface area (Å²) >= 11 is 0. The second-order valence-electron chi connectivity index (χ2n) is 6.27. The number of aliphatic carboxylic acids is 1. The van der Waals surface area contributed by atoms with Gasteiger partial charge in [-0.3, -0.25) is 4.79 Å². The number of sulfonamides is 1. The van der Waals surface area contributed by atoms with E-state index in [1.807, 2.05) is 13.0 Å². The number of piperidine rings is 1. The van der Waals surface area contributed by atoms with Gasteiger partial charge in [-0.2, -0.15) is 4.31 Å². The van der Waals surface area contributed by atoms with Crippen LogP contribution in [0.5, 0.6) is 0 Å². The second kappa shape index (κ2) is 6.22. The van der Waals surface area contributed by atoms with E-state index < -0.39 is 21.9 Å². The fourth-order valence-electron chi connectivity index (χ4n) is 3.25. The van der Waals surface area contributed by atoms with Crippen molar-refractivity contribution in [3.05, 3.63) is 29.3 Å². The van der Waals surface area contributed by atoms with Gasteiger partial charge in [0.15, 0.2) is 0 Å². The van der Waals surface area contributed by atoms with E-state index in [1.54, 1.807) is 12.1 Å². The average Bonchev–Trinajstić information content (AvgIpc) is 2.54. The zero-order chi connectivity index (χ0) is 16.6. The Bertz CT molecular complexity index is 715. The molecule has 0 spiro atoms. The second-order valence-corrected chi connectivity index (χ2v) is 8.16. The smallest absolute Gasteiger partial charge is 0.307 e. The maximum Gasteiger partial charge on any atom is 0.307 e. The van der Waals surface area contributed by atoms with Crippen LogP contribution in [0.15, 0.2) is 23.1 Å². The van der Waals surface area contributed by atoms with Crippen molar-refractivity contribution in [1.82, 2.24) is 4.31 Å². The van der Waals surface area contributed by atoms with Crippen LogP contribution >= 0.6 is 0 Å². The predicted octanol–water partition coefficient (Wildman–Crippen LogP) is 1.63. The molecule has 1 N–H and O–H groups in total. The van der Waals surface area contributed by atoms with E-state index in [2.05, 4.69) is 0 Å². The molecule has 2 heterocycles. The summed E-state index contributed by atoms with van der Waals surface area (Å²) in [5, 5.41) is 9.20. The predicted molar refractivity (Wildman–Crippen MR) is 83.5 cm³/mol. The molecule has 6 nitrogen and oxygen atoms in total. The Hall–Kier alpha value is -1.44. The number of carboxylic acids is 1. The minimum atomic E-state index is -3.70. The maximum absolute atomic E-state index is 12.9. The number of benzene rings is 1. The number of hydrogen-bond acceptors (Lipinski definition) is 4. The van der Waals surface area contributed by atoms with E-state index >= 15 is 0 Å². The molecule has 0 aromatic heterocycles. The lowest BCUT2D eigenvalue weighted by Gasteiger charge is -2.35. The third-order valence-electron chi connectivity index (χ3n) is 4.73. The van der Waals surface area contributed by atoms with Gasteiger partial charge in [0.2, 0.25) is 10.0 Å². The monoisotopic (exact) mass is 339 g/mol. The lowest BCUT2D eigenvalue weighted by Crippen LogP contribution is -2.47. The standard InChI is InChI=1S/C16H21NO5S/c1-11-2-3-13(16(18)19)9-17(11)23(20,21)15-5-4-12-6-7-22-10-14(12)8-15/h4-5,8,11,13H,2-3,6-7,9-10H2,1H3,(H,18,19)/t11-,13+/m1/s1. The van der Waals surface area contributed by atoms with Crippen LogP contribution in [0.25, 0.3) is 0 Å². The molecule has 0 unspecified atom stereocenters. The summed E-state index contributed by atoms with van der Waals surface area (Å²) in [5.41, 5.74) is 2.02. The number of fused-ring (bicyclic) bond motifs is 1. The van der Waals surface area contributed by atoms with E-state index in [0.29, 0.717) is 26.1 Å². The van der Waals surface area contributed by atoms with Crippen molar-refractivity contribution in [2.45, 2.75) is 43.7 Å². The fraction of sp³-hybridized carbons (Fsp3) is 0.562. The van der Waals surface area contributed by atoms with Crippen LogP contribution in [0.2, 0.25) is 0 Å². The molecule has 1 aromatic carbocycles. The van der Waals surface area contributed by atoms with E-state index in [1.165, 1.54) is 4.31 Å². The Morgan fingerprint density at radius 2 is 2.09 bits per heavy atom. The molecule has 0 amide bonds. The molecular formula is C16H21NO5S. The van der Waals surface area contributed by atoms with Gasteiger partial charge in [-0.05, 0) is 49.4 Å². The number of nitrogens with zero attached hydrogens (tertiary/aromatic N) is 1. The molecule has 0 aliphatic carbocycles. The molecule has 7 heteroatoms. The molecule has 23 heavy (non-hydrogen) atoms. The van der Waals surface area contributed by atoms with E-state index in [4.69, 9.17) is 4.74 Å². The Morgan fingerprint density at radius 3 is 2.83 bits per heavy atom. The largest absolute Gasteiger partial charge is 0.481 e. The summed E-state index contributed by atoms with van der Waals surface area (Å²) < 4.78 is 32.6. The summed E-state index contributed by atoms with van der Waals surface area (Å²) in [6, 6.07) is 4.94. The van der Waals surface area contributed by atoms with Gasteiger partial charge >= 0.3 is 5.97 Å². The quantitative estimate of drug-likeness (QED) is 0.905. The highest BCUT2D eigenvalue weighted by Gasteiger charge is 2.37. The van der Waals surface area contributed by atoms with Crippen LogP contribution in [0.1, 0.15) is 30.9 Å². The molecule has 2 aliphatic heterocycles. The minimum Gasteiger partial charge on any atom is -0.481 e. The Balaban J connectivity index is 1.92. The molecule has 1 saturated heterocycles. The first-order valence-corrected chi connectivity index (χ1v) is 9.28. The van der Waals surface area contributed by atoms with Crippen LogP contribution in [-0.2, 0) is 32.6 Å². The van der Waals surface area contributed by atoms with Crippen molar-refractivity contribution in [2.24, 2.45) is 5.92 Å². The highest BCUT2D eigenvalue weighted by atomic mass is 32.2. The van der Waals surface area contributed by atoms with Gasteiger partial charge in [0.25, 0.3) is 0 Å². The molecule has 0 radical (unpaired) electrons. The molecule has 2 aliphatic rings. The lowest BCUT2D eigenvalue weighted by atomic mass is 9.96. The lowest BCUT2D eigenvalue weighted by molar-refractivity contribution is -0.143. The van der Waals surface area contributed by atoms with Crippen LogP contribution in [0.4, 0.5) is 0 Å². The zero-order valence-corrected chi connectivity index (χ0v) is 13.9. The number of carboxylic acid groups (broad SMARTS) is 1. The van der Waals surface area contributed by atoms with Gasteiger partial charge in [-0.1, -0.05) is 6.07 Å². The Kier molecular flexibility index (Phi) is 4.44. The highest BCUT2D eigenvalue weighted by molar-refractivity contribution is 7.89. The van der Waals surface area contributed by atoms with Gasteiger partial charge < -0.3 is 9.84 Å². The molecule has 1 aromatic rings. The maximum atomic E-state index is 12.9. The van der Waals surface area contributed by atoms with Crippen LogP contribution < -0.4 is 0 Å². The third kappa shape index (κ3) is 3.13. The average molecular weight is 339 g/mol. The van der Waals surface area contributed by atoms with Crippen LogP contribution in [0, 0.1) is 5.92 Å². The van der Waals surface area contributed by atoms with Gasteiger partial charge in [0.1, 0.15) is 0 Å². The van der Waals surface area contributed by atoms with Crippen molar-refractivity contribution in [3.63, 3.8) is 0 Å². The fourth-order valence-corrected chi connectivity index (χ4v) is 5.01. The van der Waals surface area contributed by atoms with E-state index in [-0.39, 0.29) is 17.5 Å². The van der Waals surface area contributed by atoms with Crippen LogP contribution in [0.3, 0.4) is 0 Å². The van der Waals surface area contributed by atoms with Gasteiger partial charge in [-0.25, -0.2) is 8.42 Å². The summed E-state index contributed by atoms with van der Waals surface area (Å²) in [5.74, 6) is -1.57. The topological polar surface area (TPSA) is 83.9 Å². The summed E-state index contributed by atoms with van der Waals surface area (Å²) in [6.45, 7) is 2.94. The molecular weight excluding hydrogens is 318 g/mol. The van der Waals surface area contributed by atoms with Crippen molar-refractivity contribution in [2.75, 3.05) is 13.2 Å². The number of carbonyl (C=O) groups is 1. The molecule has 1 fully saturated rings.